The van der Waals surface area contributed by atoms with Crippen LogP contribution in [0.25, 0.3) is 33.7 Å². The molecular formula is C46H56N4O11. The van der Waals surface area contributed by atoms with Gasteiger partial charge < -0.3 is 44.6 Å². The number of aromatic hydroxyl groups is 1. The number of hydrogen-bond acceptors (Lipinski definition) is 12. The fraction of sp³-hybridized carbons (Fsp3) is 0.457. The smallest absolute Gasteiger partial charge is 0.312 e. The molecule has 0 radical (unpaired) electrons. The second kappa shape index (κ2) is 17.3. The number of amides is 1. The predicted octanol–water partition coefficient (Wildman–Crippen LogP) is 4.38. The molecule has 4 aromatic rings. The lowest BCUT2D eigenvalue weighted by molar-refractivity contribution is -0.160. The Balaban J connectivity index is 1.64. The summed E-state index contributed by atoms with van der Waals surface area (Å²) in [5.41, 5.74) is 0.500. The van der Waals surface area contributed by atoms with Crippen LogP contribution in [0.1, 0.15) is 78.2 Å². The highest BCUT2D eigenvalue weighted by Crippen LogP contribution is 2.44. The highest BCUT2D eigenvalue weighted by molar-refractivity contribution is 6.23. The summed E-state index contributed by atoms with van der Waals surface area (Å²) in [5.74, 6) is -7.03. The van der Waals surface area contributed by atoms with Gasteiger partial charge in [0.15, 0.2) is 11.2 Å². The third kappa shape index (κ3) is 8.21. The number of aliphatic hydroxyl groups excluding tert-OH is 2. The third-order valence-electron chi connectivity index (χ3n) is 12.0. The van der Waals surface area contributed by atoms with E-state index in [1.165, 1.54) is 46.3 Å². The Bertz CT molecular complexity index is 2690. The summed E-state index contributed by atoms with van der Waals surface area (Å²) in [7, 11) is 1.45. The van der Waals surface area contributed by atoms with Crippen molar-refractivity contribution >= 4 is 51.3 Å². The van der Waals surface area contributed by atoms with Crippen molar-refractivity contribution in [2.45, 2.75) is 105 Å². The zero-order chi connectivity index (χ0) is 44.8. The Labute approximate surface area is 353 Å². The van der Waals surface area contributed by atoms with Crippen LogP contribution in [0, 0.1) is 30.6 Å². The summed E-state index contributed by atoms with van der Waals surface area (Å²) in [6.45, 7) is 16.7. The summed E-state index contributed by atoms with van der Waals surface area (Å²) < 4.78 is 25.5. The normalized spacial score (nSPS) is 30.0. The molecule has 0 spiro atoms. The van der Waals surface area contributed by atoms with Crippen LogP contribution in [-0.2, 0) is 23.8 Å². The van der Waals surface area contributed by atoms with E-state index in [9.17, 15) is 34.5 Å². The van der Waals surface area contributed by atoms with Crippen molar-refractivity contribution < 1.29 is 48.7 Å². The maximum absolute atomic E-state index is 14.7. The molecule has 15 heteroatoms. The van der Waals surface area contributed by atoms with Gasteiger partial charge in [-0.25, -0.2) is 4.99 Å². The Morgan fingerprint density at radius 2 is 1.75 bits per heavy atom. The van der Waals surface area contributed by atoms with Crippen LogP contribution < -0.4 is 26.1 Å². The lowest BCUT2D eigenvalue weighted by atomic mass is 9.78. The van der Waals surface area contributed by atoms with Crippen LogP contribution in [-0.4, -0.2) is 85.7 Å². The molecule has 0 saturated carbocycles. The molecule has 2 aromatic carbocycles. The van der Waals surface area contributed by atoms with Gasteiger partial charge >= 0.3 is 11.8 Å². The molecule has 5 N–H and O–H groups in total. The number of H-pyrrole nitrogens is 1. The number of imidazole rings is 1. The number of esters is 1. The highest BCUT2D eigenvalue weighted by Gasteiger charge is 2.49. The molecule has 1 amide bonds. The number of rotatable bonds is 4. The molecule has 4 bridgehead atoms. The molecule has 0 fully saturated rings. The summed E-state index contributed by atoms with van der Waals surface area (Å²) >= 11 is 0. The number of benzene rings is 2. The van der Waals surface area contributed by atoms with Crippen LogP contribution in [0.2, 0.25) is 0 Å². The number of nitrogens with zero attached hydrogens (tertiary/aromatic N) is 2. The van der Waals surface area contributed by atoms with Gasteiger partial charge in [0.25, 0.3) is 11.7 Å². The number of pyridine rings is 1. The van der Waals surface area contributed by atoms with E-state index >= 15 is 0 Å². The summed E-state index contributed by atoms with van der Waals surface area (Å²) in [5, 5.41) is 38.7. The van der Waals surface area contributed by atoms with Crippen LogP contribution in [0.5, 0.6) is 11.5 Å². The van der Waals surface area contributed by atoms with E-state index in [0.717, 1.165) is 5.22 Å². The van der Waals surface area contributed by atoms with Gasteiger partial charge in [0.05, 0.1) is 41.0 Å². The number of fused-ring (bicyclic) bond motifs is 2. The number of phenols is 1. The standard InChI is InChI=1S/C46H56N4O11/c1-21(2)47-20-29-15-17-50-31(19-29)48-35-32-33-40(54)27(8)43-34(32)44(56)46(10,61-43)59-18-16-30(58-11)24(5)42(60-28(9)51)26(7)39(53)25(6)38(52)22(3)13-12-14-23(4)45(57)49-36(37(35)50)41(33)55/h12-22,24-26,30,38-39,42,47-48,52-53,55H,1-11H3/b13-12+,18-16+,23-14-,29-20?,49-36?/t22-,24+,25+,26+,30-,38-,39+,42+,46-/m0/s1. The van der Waals surface area contributed by atoms with Gasteiger partial charge in [-0.2, -0.15) is 0 Å². The average Bonchev–Trinajstić information content (AvgIpc) is 3.72. The number of carbonyl (C=O) groups is 3. The van der Waals surface area contributed by atoms with E-state index in [1.807, 2.05) is 32.2 Å². The number of allylic oxidation sites excluding steroid dienone is 2. The summed E-state index contributed by atoms with van der Waals surface area (Å²) in [6, 6.07) is 3.81. The second-order valence-electron chi connectivity index (χ2n) is 16.8. The van der Waals surface area contributed by atoms with Gasteiger partial charge in [-0.05, 0) is 51.1 Å². The number of methoxy groups -OCH3 is 1. The van der Waals surface area contributed by atoms with Crippen molar-refractivity contribution in [3.63, 3.8) is 0 Å². The second-order valence-corrected chi connectivity index (χ2v) is 16.8. The molecule has 2 aromatic heterocycles. The number of aromatic amines is 1. The summed E-state index contributed by atoms with van der Waals surface area (Å²) in [4.78, 5) is 63.0. The van der Waals surface area contributed by atoms with Crippen LogP contribution in [0.4, 0.5) is 0 Å². The first-order chi connectivity index (χ1) is 28.7. The quantitative estimate of drug-likeness (QED) is 0.181. The van der Waals surface area contributed by atoms with Crippen molar-refractivity contribution in [2.24, 2.45) is 28.7 Å². The first-order valence-corrected chi connectivity index (χ1v) is 20.5. The van der Waals surface area contributed by atoms with Crippen LogP contribution >= 0.6 is 0 Å². The van der Waals surface area contributed by atoms with Gasteiger partial charge in [0.2, 0.25) is 0 Å². The van der Waals surface area contributed by atoms with E-state index in [4.69, 9.17) is 18.9 Å². The first-order valence-electron chi connectivity index (χ1n) is 20.5. The molecule has 0 saturated heterocycles. The fourth-order valence-electron chi connectivity index (χ4n) is 8.31. The predicted molar refractivity (Wildman–Crippen MR) is 229 cm³/mol. The minimum absolute atomic E-state index is 0.0166. The zero-order valence-corrected chi connectivity index (χ0v) is 36.4. The number of ether oxygens (including phenoxy) is 4. The van der Waals surface area contributed by atoms with Crippen molar-refractivity contribution in [3.05, 3.63) is 86.4 Å². The Kier molecular flexibility index (Phi) is 12.7. The van der Waals surface area contributed by atoms with Crippen molar-refractivity contribution in [3.8, 4) is 11.5 Å². The Morgan fingerprint density at radius 3 is 2.41 bits per heavy atom. The molecule has 9 atom stereocenters. The van der Waals surface area contributed by atoms with E-state index in [1.54, 1.807) is 57.4 Å². The molecular weight excluding hydrogens is 785 g/mol. The number of hydrogen-bond donors (Lipinski definition) is 5. The number of Topliss-reactive ketones (excluding diaryl/α,β-unsaturated/α-hetero) is 1. The van der Waals surface area contributed by atoms with Gasteiger partial charge in [-0.3, -0.25) is 23.6 Å². The van der Waals surface area contributed by atoms with Gasteiger partial charge in [-0.1, -0.05) is 45.9 Å². The van der Waals surface area contributed by atoms with Gasteiger partial charge in [0.1, 0.15) is 28.4 Å². The largest absolute Gasteiger partial charge is 0.505 e. The lowest BCUT2D eigenvalue weighted by Crippen LogP contribution is -2.46. The SMILES string of the molecule is CO[C@H]1/C=C/O[C@@]2(C)Oc3c(C)c(=O)c4c(O)c(c5c([nH]c6cc(=CNC(C)C)ccn65)c4c3C2=O)=NC(=O)/C(C)=C\C=C\[C@H](C)[C@H](O)[C@@H](C)[C@@H](O)[C@@H](C)[C@H](OC(C)=O)[C@@H]1C. The Morgan fingerprint density at radius 1 is 1.05 bits per heavy atom. The van der Waals surface area contributed by atoms with E-state index in [2.05, 4.69) is 15.3 Å². The molecule has 61 heavy (non-hydrogen) atoms. The minimum atomic E-state index is -2.00. The number of aromatic nitrogens is 2. The number of ketones is 1. The van der Waals surface area contributed by atoms with Gasteiger partial charge in [0, 0.05) is 79.6 Å². The third-order valence-corrected chi connectivity index (χ3v) is 12.0. The monoisotopic (exact) mass is 840 g/mol. The summed E-state index contributed by atoms with van der Waals surface area (Å²) in [6.07, 6.45) is 7.29. The molecule has 2 aliphatic rings. The van der Waals surface area contributed by atoms with E-state index < -0.39 is 82.7 Å². The molecule has 6 rings (SSSR count). The maximum Gasteiger partial charge on any atom is 0.312 e. The first kappa shape index (κ1) is 44.8. The molecule has 0 unspecified atom stereocenters. The van der Waals surface area contributed by atoms with Crippen molar-refractivity contribution in [1.82, 2.24) is 14.7 Å². The Hall–Kier alpha value is -5.77. The van der Waals surface area contributed by atoms with Crippen LogP contribution in [0.3, 0.4) is 0 Å². The molecule has 2 aliphatic heterocycles. The van der Waals surface area contributed by atoms with Crippen molar-refractivity contribution in [2.75, 3.05) is 7.11 Å². The lowest BCUT2D eigenvalue weighted by Gasteiger charge is -2.38. The topological polar surface area (TPSA) is 210 Å². The molecule has 326 valence electrons. The fourth-order valence-corrected chi connectivity index (χ4v) is 8.31. The zero-order valence-electron chi connectivity index (χ0n) is 36.4. The number of phenolic OH excluding ortho intramolecular Hbond substituents is 1. The van der Waals surface area contributed by atoms with E-state index in [-0.39, 0.29) is 55.7 Å². The van der Waals surface area contributed by atoms with Crippen molar-refractivity contribution in [1.29, 1.82) is 0 Å². The number of carbonyl (C=O) groups excluding carboxylic acids is 3. The van der Waals surface area contributed by atoms with Gasteiger partial charge in [-0.15, -0.1) is 0 Å². The molecule has 4 heterocycles. The maximum atomic E-state index is 14.7. The number of nitrogens with one attached hydrogen (secondary N) is 2. The molecule has 15 nitrogen and oxygen atoms in total. The van der Waals surface area contributed by atoms with E-state index in [0.29, 0.717) is 5.65 Å². The molecule has 0 aliphatic carbocycles. The number of aliphatic hydroxyl groups is 2. The average molecular weight is 841 g/mol. The highest BCUT2D eigenvalue weighted by atomic mass is 16.7. The van der Waals surface area contributed by atoms with Crippen LogP contribution in [0.15, 0.2) is 64.3 Å². The minimum Gasteiger partial charge on any atom is -0.505 e.